The zero-order chi connectivity index (χ0) is 13.4. The molecule has 1 aromatic rings. The smallest absolute Gasteiger partial charge is 0.330 e. The van der Waals surface area contributed by atoms with Crippen LogP contribution in [0.3, 0.4) is 0 Å². The van der Waals surface area contributed by atoms with Crippen LogP contribution in [0.4, 0.5) is 0 Å². The number of hydrogen-bond acceptors (Lipinski definition) is 3. The highest BCUT2D eigenvalue weighted by molar-refractivity contribution is 5.81. The van der Waals surface area contributed by atoms with Gasteiger partial charge < -0.3 is 9.47 Å². The standard InChI is InChI=1S/C15H20O3/c1-4-17-15(16)6-5-11-18-14-9-7-13(8-10-14)12(2)3/h5-10,12H,4,11H2,1-3H3/b6-5+. The summed E-state index contributed by atoms with van der Waals surface area (Å²) >= 11 is 0. The minimum absolute atomic E-state index is 0.337. The third-order valence-electron chi connectivity index (χ3n) is 2.43. The second kappa shape index (κ2) is 7.54. The molecule has 0 radical (unpaired) electrons. The van der Waals surface area contributed by atoms with Crippen LogP contribution in [-0.2, 0) is 9.53 Å². The van der Waals surface area contributed by atoms with Crippen LogP contribution in [0.2, 0.25) is 0 Å². The van der Waals surface area contributed by atoms with Gasteiger partial charge in [-0.05, 0) is 36.6 Å². The Labute approximate surface area is 108 Å². The number of carbonyl (C=O) groups excluding carboxylic acids is 1. The number of benzene rings is 1. The molecule has 0 N–H and O–H groups in total. The van der Waals surface area contributed by atoms with Gasteiger partial charge in [-0.15, -0.1) is 0 Å². The Balaban J connectivity index is 2.37. The Morgan fingerprint density at radius 3 is 2.50 bits per heavy atom. The van der Waals surface area contributed by atoms with Gasteiger partial charge in [0.15, 0.2) is 0 Å². The molecule has 0 saturated carbocycles. The molecule has 0 aliphatic carbocycles. The fourth-order valence-electron chi connectivity index (χ4n) is 1.43. The van der Waals surface area contributed by atoms with Gasteiger partial charge in [0.05, 0.1) is 6.61 Å². The summed E-state index contributed by atoms with van der Waals surface area (Å²) < 4.78 is 10.2. The Kier molecular flexibility index (Phi) is 5.98. The van der Waals surface area contributed by atoms with Crippen molar-refractivity contribution in [3.05, 3.63) is 42.0 Å². The molecule has 98 valence electrons. The Bertz CT molecular complexity index is 391. The normalized spacial score (nSPS) is 10.9. The molecule has 0 saturated heterocycles. The molecule has 1 aromatic carbocycles. The molecule has 3 heteroatoms. The van der Waals surface area contributed by atoms with E-state index in [0.29, 0.717) is 19.1 Å². The van der Waals surface area contributed by atoms with E-state index in [1.54, 1.807) is 13.0 Å². The first-order chi connectivity index (χ1) is 8.63. The molecule has 0 bridgehead atoms. The Hall–Kier alpha value is -1.77. The summed E-state index contributed by atoms with van der Waals surface area (Å²) in [5, 5.41) is 0. The first-order valence-electron chi connectivity index (χ1n) is 6.19. The van der Waals surface area contributed by atoms with Crippen LogP contribution < -0.4 is 4.74 Å². The summed E-state index contributed by atoms with van der Waals surface area (Å²) in [5.74, 6) is 0.979. The molecule has 0 spiro atoms. The lowest BCUT2D eigenvalue weighted by Gasteiger charge is -2.07. The van der Waals surface area contributed by atoms with Crippen LogP contribution in [0, 0.1) is 0 Å². The topological polar surface area (TPSA) is 35.5 Å². The van der Waals surface area contributed by atoms with Crippen molar-refractivity contribution in [3.63, 3.8) is 0 Å². The molecule has 0 fully saturated rings. The number of rotatable bonds is 6. The molecule has 3 nitrogen and oxygen atoms in total. The van der Waals surface area contributed by atoms with E-state index in [2.05, 4.69) is 26.0 Å². The highest BCUT2D eigenvalue weighted by Crippen LogP contribution is 2.18. The van der Waals surface area contributed by atoms with Crippen molar-refractivity contribution in [1.82, 2.24) is 0 Å². The number of hydrogen-bond donors (Lipinski definition) is 0. The average molecular weight is 248 g/mol. The van der Waals surface area contributed by atoms with E-state index in [-0.39, 0.29) is 5.97 Å². The van der Waals surface area contributed by atoms with Crippen LogP contribution in [0.15, 0.2) is 36.4 Å². The van der Waals surface area contributed by atoms with Crippen molar-refractivity contribution in [3.8, 4) is 5.75 Å². The lowest BCUT2D eigenvalue weighted by molar-refractivity contribution is -0.137. The fourth-order valence-corrected chi connectivity index (χ4v) is 1.43. The van der Waals surface area contributed by atoms with Crippen LogP contribution >= 0.6 is 0 Å². The monoisotopic (exact) mass is 248 g/mol. The van der Waals surface area contributed by atoms with E-state index >= 15 is 0 Å². The molecule has 0 heterocycles. The summed E-state index contributed by atoms with van der Waals surface area (Å²) in [6.45, 7) is 6.83. The van der Waals surface area contributed by atoms with Gasteiger partial charge in [-0.2, -0.15) is 0 Å². The predicted molar refractivity (Wildman–Crippen MR) is 71.8 cm³/mol. The van der Waals surface area contributed by atoms with Gasteiger partial charge in [0, 0.05) is 6.08 Å². The quantitative estimate of drug-likeness (QED) is 0.572. The van der Waals surface area contributed by atoms with Gasteiger partial charge in [-0.3, -0.25) is 0 Å². The van der Waals surface area contributed by atoms with Crippen molar-refractivity contribution in [2.24, 2.45) is 0 Å². The van der Waals surface area contributed by atoms with Gasteiger partial charge in [0.2, 0.25) is 0 Å². The molecule has 0 aromatic heterocycles. The highest BCUT2D eigenvalue weighted by atomic mass is 16.5. The van der Waals surface area contributed by atoms with Gasteiger partial charge in [0.25, 0.3) is 0 Å². The van der Waals surface area contributed by atoms with Crippen molar-refractivity contribution in [1.29, 1.82) is 0 Å². The summed E-state index contributed by atoms with van der Waals surface area (Å²) in [6, 6.07) is 7.98. The van der Waals surface area contributed by atoms with E-state index < -0.39 is 0 Å². The molecule has 0 aliphatic rings. The summed E-state index contributed by atoms with van der Waals surface area (Å²) in [6.07, 6.45) is 3.03. The molecule has 0 amide bonds. The third-order valence-corrected chi connectivity index (χ3v) is 2.43. The highest BCUT2D eigenvalue weighted by Gasteiger charge is 1.99. The van der Waals surface area contributed by atoms with Crippen molar-refractivity contribution in [2.75, 3.05) is 13.2 Å². The molecule has 1 rings (SSSR count). The van der Waals surface area contributed by atoms with Crippen molar-refractivity contribution < 1.29 is 14.3 Å². The fraction of sp³-hybridized carbons (Fsp3) is 0.400. The first kappa shape index (κ1) is 14.3. The zero-order valence-corrected chi connectivity index (χ0v) is 11.2. The predicted octanol–water partition coefficient (Wildman–Crippen LogP) is 3.31. The van der Waals surface area contributed by atoms with Crippen LogP contribution in [0.5, 0.6) is 5.75 Å². The lowest BCUT2D eigenvalue weighted by Crippen LogP contribution is -2.01. The van der Waals surface area contributed by atoms with Crippen molar-refractivity contribution >= 4 is 5.97 Å². The number of esters is 1. The van der Waals surface area contributed by atoms with Crippen LogP contribution in [0.25, 0.3) is 0 Å². The minimum atomic E-state index is -0.337. The van der Waals surface area contributed by atoms with Crippen molar-refractivity contribution in [2.45, 2.75) is 26.7 Å². The summed E-state index contributed by atoms with van der Waals surface area (Å²) in [5.41, 5.74) is 1.28. The SMILES string of the molecule is CCOC(=O)/C=C/COc1ccc(C(C)C)cc1. The maximum absolute atomic E-state index is 11.0. The van der Waals surface area contributed by atoms with Gasteiger partial charge in [-0.25, -0.2) is 4.79 Å². The Morgan fingerprint density at radius 1 is 1.28 bits per heavy atom. The lowest BCUT2D eigenvalue weighted by atomic mass is 10.0. The Morgan fingerprint density at radius 2 is 1.94 bits per heavy atom. The molecule has 0 unspecified atom stereocenters. The molecular weight excluding hydrogens is 228 g/mol. The molecule has 18 heavy (non-hydrogen) atoms. The zero-order valence-electron chi connectivity index (χ0n) is 11.2. The maximum atomic E-state index is 11.0. The second-order valence-corrected chi connectivity index (χ2v) is 4.19. The largest absolute Gasteiger partial charge is 0.490 e. The van der Waals surface area contributed by atoms with Gasteiger partial charge in [0.1, 0.15) is 12.4 Å². The van der Waals surface area contributed by atoms with E-state index in [1.807, 2.05) is 12.1 Å². The van der Waals surface area contributed by atoms with E-state index in [9.17, 15) is 4.79 Å². The molecular formula is C15H20O3. The third kappa shape index (κ3) is 5.04. The van der Waals surface area contributed by atoms with E-state index in [1.165, 1.54) is 11.6 Å². The van der Waals surface area contributed by atoms with Gasteiger partial charge in [-0.1, -0.05) is 26.0 Å². The van der Waals surface area contributed by atoms with Crippen LogP contribution in [-0.4, -0.2) is 19.2 Å². The van der Waals surface area contributed by atoms with E-state index in [4.69, 9.17) is 9.47 Å². The summed E-state index contributed by atoms with van der Waals surface area (Å²) in [7, 11) is 0. The number of carbonyl (C=O) groups is 1. The van der Waals surface area contributed by atoms with E-state index in [0.717, 1.165) is 5.75 Å². The van der Waals surface area contributed by atoms with Crippen LogP contribution in [0.1, 0.15) is 32.3 Å². The van der Waals surface area contributed by atoms with Gasteiger partial charge >= 0.3 is 5.97 Å². The average Bonchev–Trinajstić information content (AvgIpc) is 2.35. The minimum Gasteiger partial charge on any atom is -0.490 e. The summed E-state index contributed by atoms with van der Waals surface area (Å²) in [4.78, 5) is 11.0. The first-order valence-corrected chi connectivity index (χ1v) is 6.19. The second-order valence-electron chi connectivity index (χ2n) is 4.19. The number of ether oxygens (including phenoxy) is 2. The maximum Gasteiger partial charge on any atom is 0.330 e. The molecule has 0 aliphatic heterocycles. The molecule has 0 atom stereocenters.